The van der Waals surface area contributed by atoms with Crippen molar-refractivity contribution in [3.8, 4) is 28.8 Å². The summed E-state index contributed by atoms with van der Waals surface area (Å²) in [6.45, 7) is 7.33. The highest BCUT2D eigenvalue weighted by Gasteiger charge is 2.31. The number of anilines is 1. The van der Waals surface area contributed by atoms with E-state index in [1.54, 1.807) is 31.9 Å². The summed E-state index contributed by atoms with van der Waals surface area (Å²) < 4.78 is 60.1. The van der Waals surface area contributed by atoms with Crippen molar-refractivity contribution >= 4 is 11.7 Å². The fourth-order valence-electron chi connectivity index (χ4n) is 2.70. The number of hydrogen-bond donors (Lipinski definition) is 0. The zero-order valence-electron chi connectivity index (χ0n) is 17.6. The molecule has 2 aromatic carbocycles. The summed E-state index contributed by atoms with van der Waals surface area (Å²) >= 11 is 0. The van der Waals surface area contributed by atoms with Crippen LogP contribution >= 0.6 is 0 Å². The second-order valence-corrected chi connectivity index (χ2v) is 5.77. The van der Waals surface area contributed by atoms with Crippen LogP contribution in [0.5, 0.6) is 5.75 Å². The van der Waals surface area contributed by atoms with Crippen LogP contribution in [-0.2, 0) is 4.74 Å². The van der Waals surface area contributed by atoms with Crippen LogP contribution in [-0.4, -0.2) is 26.5 Å². The Balaban J connectivity index is 0.00000218. The van der Waals surface area contributed by atoms with Crippen molar-refractivity contribution in [3.05, 3.63) is 47.3 Å². The summed E-state index contributed by atoms with van der Waals surface area (Å²) in [4.78, 5) is 13.6. The van der Waals surface area contributed by atoms with Crippen molar-refractivity contribution in [1.29, 1.82) is 0 Å². The number of halogens is 4. The first-order valence-corrected chi connectivity index (χ1v) is 9.02. The van der Waals surface area contributed by atoms with Gasteiger partial charge in [0, 0.05) is 24.7 Å². The van der Waals surface area contributed by atoms with Crippen LogP contribution in [0.1, 0.15) is 36.7 Å². The average Bonchev–Trinajstić information content (AvgIpc) is 2.68. The molecule has 0 aliphatic rings. The fourth-order valence-corrected chi connectivity index (χ4v) is 2.70. The summed E-state index contributed by atoms with van der Waals surface area (Å²) in [5.74, 6) is 0.472. The number of rotatable bonds is 4. The van der Waals surface area contributed by atoms with Crippen molar-refractivity contribution in [3.63, 3.8) is 0 Å². The molecule has 0 aromatic heterocycles. The molecule has 0 atom stereocenters. The third kappa shape index (κ3) is 6.14. The summed E-state index contributed by atoms with van der Waals surface area (Å²) in [6.07, 6.45) is -4.93. The van der Waals surface area contributed by atoms with Gasteiger partial charge in [-0.2, -0.15) is 0 Å². The van der Waals surface area contributed by atoms with Gasteiger partial charge < -0.3 is 14.4 Å². The smallest absolute Gasteiger partial charge is 0.465 e. The van der Waals surface area contributed by atoms with E-state index >= 15 is 0 Å². The summed E-state index contributed by atoms with van der Waals surface area (Å²) in [6, 6.07) is 8.58. The maximum Gasteiger partial charge on any atom is 0.573 e. The number of carbonyl (C=O) groups excluding carboxylic acids is 1. The van der Waals surface area contributed by atoms with Gasteiger partial charge in [-0.15, -0.1) is 13.2 Å². The Hall–Kier alpha value is -3.21. The Labute approximate surface area is 173 Å². The molecule has 0 heterocycles. The van der Waals surface area contributed by atoms with Crippen molar-refractivity contribution in [2.75, 3.05) is 19.1 Å². The molecule has 0 aliphatic heterocycles. The summed E-state index contributed by atoms with van der Waals surface area (Å²) in [5.41, 5.74) is 1.59. The maximum absolute atomic E-state index is 14.6. The van der Waals surface area contributed by atoms with Crippen LogP contribution in [0, 0.1) is 24.7 Å². The number of alkyl halides is 3. The number of nitrogens with zero attached hydrogens (tertiary/aromatic N) is 1. The van der Waals surface area contributed by atoms with Crippen LogP contribution in [0.15, 0.2) is 30.3 Å². The van der Waals surface area contributed by atoms with E-state index in [4.69, 9.17) is 4.74 Å². The van der Waals surface area contributed by atoms with Gasteiger partial charge in [0.05, 0.1) is 18.4 Å². The van der Waals surface area contributed by atoms with Gasteiger partial charge in [0.25, 0.3) is 0 Å². The molecule has 2 rings (SSSR count). The number of esters is 1. The third-order valence-electron chi connectivity index (χ3n) is 3.91. The molecule has 0 spiro atoms. The fraction of sp³-hybridized carbons (Fsp3) is 0.318. The molecule has 0 unspecified atom stereocenters. The summed E-state index contributed by atoms with van der Waals surface area (Å²) in [5, 5.41) is 0. The minimum atomic E-state index is -4.93. The molecule has 4 nitrogen and oxygen atoms in total. The standard InChI is InChI=1S/C20H17F4NO3.C2H6/c1-5-8-25(3)18-10-13(19(26)27-4)9-16(12(18)2)15-7-6-14(11-17(15)21)28-20(22,23)24;1-2/h6-7,9-11H,1-4H3;1-2H3. The largest absolute Gasteiger partial charge is 0.573 e. The maximum atomic E-state index is 14.6. The van der Waals surface area contributed by atoms with E-state index in [1.807, 2.05) is 13.8 Å². The molecule has 0 saturated heterocycles. The first kappa shape index (κ1) is 24.8. The quantitative estimate of drug-likeness (QED) is 0.263. The number of hydrogen-bond acceptors (Lipinski definition) is 4. The SMILES string of the molecule is CC.CC#CN(C)c1cc(C(=O)OC)cc(-c2ccc(OC(F)(F)F)cc2F)c1C. The highest BCUT2D eigenvalue weighted by atomic mass is 19.4. The Morgan fingerprint density at radius 3 is 2.23 bits per heavy atom. The molecular formula is C22H23F4NO3. The molecule has 0 radical (unpaired) electrons. The zero-order valence-corrected chi connectivity index (χ0v) is 17.6. The normalized spacial score (nSPS) is 10.2. The predicted molar refractivity (Wildman–Crippen MR) is 108 cm³/mol. The average molecular weight is 425 g/mol. The first-order valence-electron chi connectivity index (χ1n) is 9.02. The number of carbonyl (C=O) groups is 1. The van der Waals surface area contributed by atoms with Crippen LogP contribution < -0.4 is 9.64 Å². The van der Waals surface area contributed by atoms with Crippen LogP contribution in [0.25, 0.3) is 11.1 Å². The number of benzene rings is 2. The Morgan fingerprint density at radius 2 is 1.73 bits per heavy atom. The van der Waals surface area contributed by atoms with Crippen molar-refractivity contribution in [2.24, 2.45) is 0 Å². The molecule has 0 amide bonds. The van der Waals surface area contributed by atoms with Gasteiger partial charge in [0.1, 0.15) is 11.6 Å². The first-order chi connectivity index (χ1) is 14.1. The minimum Gasteiger partial charge on any atom is -0.465 e. The molecule has 30 heavy (non-hydrogen) atoms. The second kappa shape index (κ2) is 10.5. The Kier molecular flexibility index (Phi) is 8.72. The predicted octanol–water partition coefficient (Wildman–Crippen LogP) is 5.93. The molecule has 0 N–H and O–H groups in total. The van der Waals surface area contributed by atoms with Crippen LogP contribution in [0.3, 0.4) is 0 Å². The van der Waals surface area contributed by atoms with E-state index in [0.717, 1.165) is 12.1 Å². The van der Waals surface area contributed by atoms with Crippen LogP contribution in [0.2, 0.25) is 0 Å². The lowest BCUT2D eigenvalue weighted by atomic mass is 9.95. The Bertz CT molecular complexity index is 959. The lowest BCUT2D eigenvalue weighted by molar-refractivity contribution is -0.274. The molecule has 8 heteroatoms. The van der Waals surface area contributed by atoms with E-state index < -0.39 is 23.9 Å². The van der Waals surface area contributed by atoms with Crippen molar-refractivity contribution in [1.82, 2.24) is 0 Å². The zero-order chi connectivity index (χ0) is 23.1. The van der Waals surface area contributed by atoms with Gasteiger partial charge >= 0.3 is 12.3 Å². The van der Waals surface area contributed by atoms with Gasteiger partial charge in [0.2, 0.25) is 0 Å². The van der Waals surface area contributed by atoms with E-state index in [1.165, 1.54) is 13.2 Å². The lowest BCUT2D eigenvalue weighted by Gasteiger charge is -2.19. The molecule has 0 aliphatic carbocycles. The van der Waals surface area contributed by atoms with Gasteiger partial charge in [-0.25, -0.2) is 9.18 Å². The van der Waals surface area contributed by atoms with Crippen molar-refractivity contribution < 1.29 is 31.8 Å². The van der Waals surface area contributed by atoms with Gasteiger partial charge in [-0.1, -0.05) is 19.8 Å². The van der Waals surface area contributed by atoms with Gasteiger partial charge in [0.15, 0.2) is 0 Å². The molecule has 0 fully saturated rings. The van der Waals surface area contributed by atoms with Gasteiger partial charge in [-0.05, 0) is 49.2 Å². The lowest BCUT2D eigenvalue weighted by Crippen LogP contribution is -2.17. The molecular weight excluding hydrogens is 402 g/mol. The number of ether oxygens (including phenoxy) is 2. The molecule has 162 valence electrons. The topological polar surface area (TPSA) is 38.8 Å². The highest BCUT2D eigenvalue weighted by Crippen LogP contribution is 2.35. The monoisotopic (exact) mass is 425 g/mol. The van der Waals surface area contributed by atoms with E-state index in [-0.39, 0.29) is 11.1 Å². The van der Waals surface area contributed by atoms with Gasteiger partial charge in [-0.3, -0.25) is 0 Å². The Morgan fingerprint density at radius 1 is 1.10 bits per heavy atom. The minimum absolute atomic E-state index is 0.0110. The third-order valence-corrected chi connectivity index (χ3v) is 3.91. The molecule has 0 saturated carbocycles. The summed E-state index contributed by atoms with van der Waals surface area (Å²) in [7, 11) is 2.88. The molecule has 0 bridgehead atoms. The van der Waals surface area contributed by atoms with E-state index in [2.05, 4.69) is 16.7 Å². The number of methoxy groups -OCH3 is 1. The van der Waals surface area contributed by atoms with E-state index in [9.17, 15) is 22.4 Å². The molecule has 2 aromatic rings. The highest BCUT2D eigenvalue weighted by molar-refractivity contribution is 5.94. The van der Waals surface area contributed by atoms with Crippen LogP contribution in [0.4, 0.5) is 23.2 Å². The van der Waals surface area contributed by atoms with Crippen molar-refractivity contribution in [2.45, 2.75) is 34.1 Å². The second-order valence-electron chi connectivity index (χ2n) is 5.77. The van der Waals surface area contributed by atoms with E-state index in [0.29, 0.717) is 22.9 Å².